The minimum absolute atomic E-state index is 0.0670. The summed E-state index contributed by atoms with van der Waals surface area (Å²) in [6.45, 7) is 0.0670. The van der Waals surface area contributed by atoms with Crippen molar-refractivity contribution in [1.82, 2.24) is 5.32 Å². The molecule has 1 aromatic rings. The number of rotatable bonds is 5. The lowest BCUT2D eigenvalue weighted by atomic mass is 10.3. The molecule has 0 spiro atoms. The first-order valence-electron chi connectivity index (χ1n) is 4.78. The Morgan fingerprint density at radius 2 is 2.06 bits per heavy atom. The fourth-order valence-electron chi connectivity index (χ4n) is 1.06. The summed E-state index contributed by atoms with van der Waals surface area (Å²) in [5.41, 5.74) is 0.189. The number of hydrogen-bond donors (Lipinski definition) is 1. The van der Waals surface area contributed by atoms with Gasteiger partial charge in [-0.25, -0.2) is 0 Å². The van der Waals surface area contributed by atoms with Crippen LogP contribution >= 0.6 is 0 Å². The molecular formula is C11H14N2O3. The molecule has 0 bridgehead atoms. The van der Waals surface area contributed by atoms with Crippen molar-refractivity contribution >= 4 is 11.6 Å². The second-order valence-corrected chi connectivity index (χ2v) is 2.90. The van der Waals surface area contributed by atoms with E-state index in [4.69, 9.17) is 4.74 Å². The minimum Gasteiger partial charge on any atom is -0.487 e. The van der Waals surface area contributed by atoms with Crippen LogP contribution in [-0.4, -0.2) is 32.4 Å². The van der Waals surface area contributed by atoms with Gasteiger partial charge in [-0.2, -0.15) is 0 Å². The first-order valence-corrected chi connectivity index (χ1v) is 4.78. The average Bonchev–Trinajstić information content (AvgIpc) is 2.34. The molecule has 5 heteroatoms. The summed E-state index contributed by atoms with van der Waals surface area (Å²) in [6.07, 6.45) is 0. The van der Waals surface area contributed by atoms with Crippen LogP contribution in [0.5, 0.6) is 5.75 Å². The van der Waals surface area contributed by atoms with Gasteiger partial charge in [0.15, 0.2) is 5.71 Å². The van der Waals surface area contributed by atoms with Crippen LogP contribution in [0.1, 0.15) is 0 Å². The summed E-state index contributed by atoms with van der Waals surface area (Å²) >= 11 is 0. The number of para-hydroxylation sites is 1. The van der Waals surface area contributed by atoms with Crippen LogP contribution in [0.15, 0.2) is 35.5 Å². The van der Waals surface area contributed by atoms with Gasteiger partial charge in [0.05, 0.1) is 0 Å². The van der Waals surface area contributed by atoms with Crippen molar-refractivity contribution in [3.05, 3.63) is 30.3 Å². The Balaban J connectivity index is 2.58. The van der Waals surface area contributed by atoms with Gasteiger partial charge in [-0.05, 0) is 12.1 Å². The predicted molar refractivity (Wildman–Crippen MR) is 60.4 cm³/mol. The van der Waals surface area contributed by atoms with E-state index in [1.807, 2.05) is 18.2 Å². The SMILES string of the molecule is CNC(=O)/C(COc1ccccc1)=N/OC. The number of carbonyl (C=O) groups excluding carboxylic acids is 1. The number of nitrogens with zero attached hydrogens (tertiary/aromatic N) is 1. The minimum atomic E-state index is -0.321. The molecule has 0 heterocycles. The number of hydrogen-bond acceptors (Lipinski definition) is 4. The zero-order chi connectivity index (χ0) is 11.8. The largest absolute Gasteiger partial charge is 0.487 e. The Morgan fingerprint density at radius 1 is 1.38 bits per heavy atom. The number of nitrogens with one attached hydrogen (secondary N) is 1. The molecule has 0 aliphatic heterocycles. The van der Waals surface area contributed by atoms with Gasteiger partial charge in [0.2, 0.25) is 0 Å². The second kappa shape index (κ2) is 6.44. The highest BCUT2D eigenvalue weighted by Crippen LogP contribution is 2.07. The monoisotopic (exact) mass is 222 g/mol. The molecule has 0 aliphatic carbocycles. The van der Waals surface area contributed by atoms with E-state index < -0.39 is 0 Å². The van der Waals surface area contributed by atoms with Crippen LogP contribution < -0.4 is 10.1 Å². The second-order valence-electron chi connectivity index (χ2n) is 2.90. The first-order chi connectivity index (χ1) is 7.77. The number of amides is 1. The van der Waals surface area contributed by atoms with Gasteiger partial charge < -0.3 is 14.9 Å². The van der Waals surface area contributed by atoms with Crippen LogP contribution in [0.2, 0.25) is 0 Å². The zero-order valence-electron chi connectivity index (χ0n) is 9.27. The maximum absolute atomic E-state index is 11.3. The molecule has 0 unspecified atom stereocenters. The molecule has 0 radical (unpaired) electrons. The van der Waals surface area contributed by atoms with Crippen molar-refractivity contribution in [3.8, 4) is 5.75 Å². The highest BCUT2D eigenvalue weighted by atomic mass is 16.6. The Labute approximate surface area is 94.0 Å². The smallest absolute Gasteiger partial charge is 0.272 e. The molecule has 0 fully saturated rings. The summed E-state index contributed by atoms with van der Waals surface area (Å²) in [4.78, 5) is 15.9. The summed E-state index contributed by atoms with van der Waals surface area (Å²) in [6, 6.07) is 9.18. The summed E-state index contributed by atoms with van der Waals surface area (Å²) in [5, 5.41) is 6.05. The fraction of sp³-hybridized carbons (Fsp3) is 0.273. The summed E-state index contributed by atoms with van der Waals surface area (Å²) in [5.74, 6) is 0.355. The Bertz CT molecular complexity index is 363. The van der Waals surface area contributed by atoms with Crippen LogP contribution in [0.4, 0.5) is 0 Å². The molecule has 0 saturated heterocycles. The van der Waals surface area contributed by atoms with Gasteiger partial charge >= 0.3 is 0 Å². The maximum atomic E-state index is 11.3. The lowest BCUT2D eigenvalue weighted by Crippen LogP contribution is -2.32. The molecule has 0 saturated carbocycles. The lowest BCUT2D eigenvalue weighted by molar-refractivity contribution is -0.114. The first kappa shape index (κ1) is 12.0. The van der Waals surface area contributed by atoms with E-state index in [-0.39, 0.29) is 18.2 Å². The normalized spacial score (nSPS) is 10.8. The van der Waals surface area contributed by atoms with E-state index in [0.29, 0.717) is 5.75 Å². The van der Waals surface area contributed by atoms with Crippen molar-refractivity contribution < 1.29 is 14.4 Å². The third-order valence-corrected chi connectivity index (χ3v) is 1.81. The van der Waals surface area contributed by atoms with Crippen molar-refractivity contribution in [2.75, 3.05) is 20.8 Å². The van der Waals surface area contributed by atoms with Gasteiger partial charge in [-0.1, -0.05) is 23.4 Å². The van der Waals surface area contributed by atoms with Gasteiger partial charge in [-0.15, -0.1) is 0 Å². The quantitative estimate of drug-likeness (QED) is 0.592. The van der Waals surface area contributed by atoms with Crippen LogP contribution in [0, 0.1) is 0 Å². The predicted octanol–water partition coefficient (Wildman–Crippen LogP) is 0.814. The summed E-state index contributed by atoms with van der Waals surface area (Å²) in [7, 11) is 2.90. The molecule has 0 aromatic heterocycles. The lowest BCUT2D eigenvalue weighted by Gasteiger charge is -2.06. The van der Waals surface area contributed by atoms with Gasteiger partial charge in [-0.3, -0.25) is 4.79 Å². The molecule has 1 rings (SSSR count). The molecule has 86 valence electrons. The molecule has 0 aliphatic rings. The average molecular weight is 222 g/mol. The number of oxime groups is 1. The van der Waals surface area contributed by atoms with Crippen molar-refractivity contribution in [2.45, 2.75) is 0 Å². The molecule has 1 amide bonds. The Hall–Kier alpha value is -2.04. The topological polar surface area (TPSA) is 59.9 Å². The number of ether oxygens (including phenoxy) is 1. The molecule has 16 heavy (non-hydrogen) atoms. The third kappa shape index (κ3) is 3.61. The van der Waals surface area contributed by atoms with Gasteiger partial charge in [0.1, 0.15) is 19.5 Å². The fourth-order valence-corrected chi connectivity index (χ4v) is 1.06. The van der Waals surface area contributed by atoms with Crippen LogP contribution in [0.3, 0.4) is 0 Å². The van der Waals surface area contributed by atoms with Crippen molar-refractivity contribution in [1.29, 1.82) is 0 Å². The van der Waals surface area contributed by atoms with E-state index in [2.05, 4.69) is 15.3 Å². The maximum Gasteiger partial charge on any atom is 0.272 e. The molecular weight excluding hydrogens is 208 g/mol. The van der Waals surface area contributed by atoms with E-state index in [0.717, 1.165) is 0 Å². The summed E-state index contributed by atoms with van der Waals surface area (Å²) < 4.78 is 5.37. The van der Waals surface area contributed by atoms with Crippen molar-refractivity contribution in [3.63, 3.8) is 0 Å². The van der Waals surface area contributed by atoms with E-state index in [1.165, 1.54) is 14.2 Å². The van der Waals surface area contributed by atoms with Crippen LogP contribution in [-0.2, 0) is 9.63 Å². The molecule has 1 N–H and O–H groups in total. The Morgan fingerprint density at radius 3 is 2.62 bits per heavy atom. The molecule has 1 aromatic carbocycles. The van der Waals surface area contributed by atoms with Gasteiger partial charge in [0, 0.05) is 7.05 Å². The van der Waals surface area contributed by atoms with E-state index >= 15 is 0 Å². The standard InChI is InChI=1S/C11H14N2O3/c1-12-11(14)10(13-15-2)8-16-9-6-4-3-5-7-9/h3-7H,8H2,1-2H3,(H,12,14)/b13-10+. The third-order valence-electron chi connectivity index (χ3n) is 1.81. The zero-order valence-corrected chi connectivity index (χ0v) is 9.27. The van der Waals surface area contributed by atoms with Crippen LogP contribution in [0.25, 0.3) is 0 Å². The van der Waals surface area contributed by atoms with Gasteiger partial charge in [0.25, 0.3) is 5.91 Å². The highest BCUT2D eigenvalue weighted by Gasteiger charge is 2.11. The van der Waals surface area contributed by atoms with Crippen molar-refractivity contribution in [2.24, 2.45) is 5.16 Å². The van der Waals surface area contributed by atoms with E-state index in [9.17, 15) is 4.79 Å². The highest BCUT2D eigenvalue weighted by molar-refractivity contribution is 6.39. The number of carbonyl (C=O) groups is 1. The Kier molecular flexibility index (Phi) is 4.85. The number of benzene rings is 1. The molecule has 5 nitrogen and oxygen atoms in total. The van der Waals surface area contributed by atoms with E-state index in [1.54, 1.807) is 12.1 Å². The molecule has 0 atom stereocenters.